The van der Waals surface area contributed by atoms with Crippen molar-refractivity contribution in [1.82, 2.24) is 10.2 Å². The molecule has 1 spiro atoms. The van der Waals surface area contributed by atoms with E-state index in [9.17, 15) is 9.90 Å². The predicted molar refractivity (Wildman–Crippen MR) is 136 cm³/mol. The molecule has 0 radical (unpaired) electrons. The van der Waals surface area contributed by atoms with E-state index in [1.807, 2.05) is 34.8 Å². The van der Waals surface area contributed by atoms with E-state index in [0.717, 1.165) is 44.7 Å². The van der Waals surface area contributed by atoms with Gasteiger partial charge in [-0.2, -0.15) is 0 Å². The molecule has 7 heteroatoms. The Balaban J connectivity index is 1.34. The van der Waals surface area contributed by atoms with Crippen LogP contribution in [0, 0.1) is 5.92 Å². The molecule has 2 aliphatic heterocycles. The molecule has 1 aromatic carbocycles. The molecule has 0 amide bonds. The highest BCUT2D eigenvalue weighted by Crippen LogP contribution is 2.66. The molecule has 2 bridgehead atoms. The topological polar surface area (TPSA) is 80.3 Å². The van der Waals surface area contributed by atoms with Crippen molar-refractivity contribution < 1.29 is 24.1 Å². The van der Waals surface area contributed by atoms with Crippen LogP contribution in [0.25, 0.3) is 0 Å². The summed E-state index contributed by atoms with van der Waals surface area (Å²) in [5.74, 6) is 1.51. The van der Waals surface area contributed by atoms with Gasteiger partial charge >= 0.3 is 5.97 Å². The average Bonchev–Trinajstić information content (AvgIpc) is 3.54. The van der Waals surface area contributed by atoms with Crippen molar-refractivity contribution in [2.45, 2.75) is 113 Å². The molecule has 0 aromatic heterocycles. The fraction of sp³-hybridized carbons (Fsp3) is 0.759. The fourth-order valence-corrected chi connectivity index (χ4v) is 8.10. The number of piperidine rings is 1. The number of rotatable bonds is 7. The van der Waals surface area contributed by atoms with Crippen molar-refractivity contribution in [3.63, 3.8) is 0 Å². The van der Waals surface area contributed by atoms with E-state index < -0.39 is 5.60 Å². The number of carbonyl (C=O) groups is 1. The smallest absolute Gasteiger partial charge is 0.307 e. The minimum absolute atomic E-state index is 0.0500. The third-order valence-corrected chi connectivity index (χ3v) is 9.48. The Labute approximate surface area is 214 Å². The van der Waals surface area contributed by atoms with Gasteiger partial charge in [-0.1, -0.05) is 6.07 Å². The van der Waals surface area contributed by atoms with Gasteiger partial charge in [-0.05, 0) is 90.3 Å². The van der Waals surface area contributed by atoms with Gasteiger partial charge in [0.05, 0.1) is 17.4 Å². The number of esters is 1. The third kappa shape index (κ3) is 3.60. The number of carbonyl (C=O) groups excluding carboxylic acids is 1. The molecule has 1 aromatic rings. The lowest BCUT2D eigenvalue weighted by Crippen LogP contribution is -2.78. The molecule has 3 aliphatic carbocycles. The minimum atomic E-state index is -0.492. The number of ether oxygens (including phenoxy) is 3. The van der Waals surface area contributed by atoms with Gasteiger partial charge in [-0.15, -0.1) is 0 Å². The van der Waals surface area contributed by atoms with Crippen LogP contribution in [0.4, 0.5) is 0 Å². The quantitative estimate of drug-likeness (QED) is 0.555. The second kappa shape index (κ2) is 8.34. The lowest BCUT2D eigenvalue weighted by molar-refractivity contribution is -0.208. The number of nitrogens with one attached hydrogen (secondary N) is 1. The predicted octanol–water partition coefficient (Wildman–Crippen LogP) is 3.69. The molecule has 5 aliphatic rings. The molecular formula is C29H42N2O5. The third-order valence-electron chi connectivity index (χ3n) is 9.48. The number of likely N-dealkylation sites (tertiary alicyclic amines) is 1. The van der Waals surface area contributed by atoms with Gasteiger partial charge in [0, 0.05) is 37.3 Å². The lowest BCUT2D eigenvalue weighted by atomic mass is 9.48. The summed E-state index contributed by atoms with van der Waals surface area (Å²) in [7, 11) is 1.89. The van der Waals surface area contributed by atoms with Crippen molar-refractivity contribution in [1.29, 1.82) is 0 Å². The summed E-state index contributed by atoms with van der Waals surface area (Å²) in [5.41, 5.74) is 1.34. The molecule has 1 saturated heterocycles. The van der Waals surface area contributed by atoms with E-state index in [1.165, 1.54) is 24.0 Å². The van der Waals surface area contributed by atoms with Gasteiger partial charge in [0.2, 0.25) is 0 Å². The number of aromatic hydroxyl groups is 1. The van der Waals surface area contributed by atoms with Gasteiger partial charge < -0.3 is 24.6 Å². The molecule has 2 N–H and O–H groups in total. The van der Waals surface area contributed by atoms with Crippen LogP contribution in [0.1, 0.15) is 77.3 Å². The molecule has 2 heterocycles. The van der Waals surface area contributed by atoms with Crippen LogP contribution in [0.2, 0.25) is 0 Å². The maximum absolute atomic E-state index is 12.5. The molecule has 198 valence electrons. The molecule has 6 atom stereocenters. The van der Waals surface area contributed by atoms with Gasteiger partial charge in [-0.25, -0.2) is 0 Å². The van der Waals surface area contributed by atoms with Crippen molar-refractivity contribution >= 4 is 5.97 Å². The maximum Gasteiger partial charge on any atom is 0.307 e. The van der Waals surface area contributed by atoms with E-state index in [0.29, 0.717) is 18.2 Å². The molecule has 3 unspecified atom stereocenters. The molecule has 7 nitrogen and oxygen atoms in total. The highest BCUT2D eigenvalue weighted by molar-refractivity contribution is 5.70. The zero-order chi connectivity index (χ0) is 25.5. The van der Waals surface area contributed by atoms with Crippen LogP contribution >= 0.6 is 0 Å². The standard InChI is InChI=1S/C29H42N2O5/c1-17(14-23(33)36-27(2,3)4)30-20-10-11-29(34-5)22-15-19-8-9-21(32)25-24(19)28(29,26(20)35-25)12-13-31(22)16-18-6-7-18/h8-9,17-18,20,22,26,30,32H,6-7,10-16H2,1-5H3/t17?,20?,22-,26?,28+,29-/m1/s1. The first-order chi connectivity index (χ1) is 17.1. The number of methoxy groups -OCH3 is 1. The second-order valence-corrected chi connectivity index (χ2v) is 13.0. The zero-order valence-corrected chi connectivity index (χ0v) is 22.4. The average molecular weight is 499 g/mol. The van der Waals surface area contributed by atoms with Gasteiger partial charge in [0.15, 0.2) is 11.5 Å². The monoisotopic (exact) mass is 498 g/mol. The summed E-state index contributed by atoms with van der Waals surface area (Å²) in [5, 5.41) is 14.6. The Morgan fingerprint density at radius 2 is 2.06 bits per heavy atom. The maximum atomic E-state index is 12.5. The van der Waals surface area contributed by atoms with E-state index in [2.05, 4.69) is 16.3 Å². The van der Waals surface area contributed by atoms with E-state index in [4.69, 9.17) is 14.2 Å². The van der Waals surface area contributed by atoms with Crippen molar-refractivity contribution in [3.05, 3.63) is 23.3 Å². The Morgan fingerprint density at radius 3 is 2.75 bits per heavy atom. The Bertz CT molecular complexity index is 1050. The first kappa shape index (κ1) is 24.5. The molecule has 6 rings (SSSR count). The Morgan fingerprint density at radius 1 is 1.28 bits per heavy atom. The molecule has 2 saturated carbocycles. The molecule has 36 heavy (non-hydrogen) atoms. The summed E-state index contributed by atoms with van der Waals surface area (Å²) < 4.78 is 18.9. The van der Waals surface area contributed by atoms with Crippen LogP contribution in [0.15, 0.2) is 12.1 Å². The number of benzene rings is 1. The van der Waals surface area contributed by atoms with E-state index in [-0.39, 0.29) is 40.9 Å². The van der Waals surface area contributed by atoms with Crippen molar-refractivity contribution in [2.75, 3.05) is 20.2 Å². The zero-order valence-electron chi connectivity index (χ0n) is 22.4. The summed E-state index contributed by atoms with van der Waals surface area (Å²) in [4.78, 5) is 15.2. The summed E-state index contributed by atoms with van der Waals surface area (Å²) in [6.45, 7) is 9.93. The Hall–Kier alpha value is -1.83. The number of hydrogen-bond donors (Lipinski definition) is 2. The number of phenolic OH excluding ortho intramolecular Hbond substituents is 1. The summed E-state index contributed by atoms with van der Waals surface area (Å²) >= 11 is 0. The number of hydrogen-bond acceptors (Lipinski definition) is 7. The van der Waals surface area contributed by atoms with Gasteiger partial charge in [0.1, 0.15) is 11.7 Å². The normalized spacial score (nSPS) is 35.6. The SMILES string of the molecule is CO[C@@]12CCC(NC(C)CC(=O)OC(C)(C)C)C3Oc4c(O)ccc5c4[C@@]31CCN(CC1CC1)[C@@H]2C5. The molecular weight excluding hydrogens is 456 g/mol. The van der Waals surface area contributed by atoms with Gasteiger partial charge in [0.25, 0.3) is 0 Å². The number of nitrogens with zero attached hydrogens (tertiary/aromatic N) is 1. The van der Waals surface area contributed by atoms with E-state index >= 15 is 0 Å². The summed E-state index contributed by atoms with van der Waals surface area (Å²) in [6.07, 6.45) is 6.57. The van der Waals surface area contributed by atoms with E-state index in [1.54, 1.807) is 6.07 Å². The largest absolute Gasteiger partial charge is 0.504 e. The second-order valence-electron chi connectivity index (χ2n) is 13.0. The highest BCUT2D eigenvalue weighted by Gasteiger charge is 2.73. The van der Waals surface area contributed by atoms with Crippen molar-refractivity contribution in [2.24, 2.45) is 5.92 Å². The minimum Gasteiger partial charge on any atom is -0.504 e. The van der Waals surface area contributed by atoms with Crippen LogP contribution in [0.3, 0.4) is 0 Å². The Kier molecular flexibility index (Phi) is 5.67. The fourth-order valence-electron chi connectivity index (χ4n) is 8.10. The highest BCUT2D eigenvalue weighted by atomic mass is 16.6. The molecule has 3 fully saturated rings. The first-order valence-electron chi connectivity index (χ1n) is 13.9. The lowest BCUT2D eigenvalue weighted by Gasteiger charge is -2.66. The van der Waals surface area contributed by atoms with Crippen molar-refractivity contribution in [3.8, 4) is 11.5 Å². The van der Waals surface area contributed by atoms with Crippen LogP contribution in [0.5, 0.6) is 11.5 Å². The van der Waals surface area contributed by atoms with Crippen LogP contribution in [-0.4, -0.2) is 71.6 Å². The first-order valence-corrected chi connectivity index (χ1v) is 13.9. The van der Waals surface area contributed by atoms with Gasteiger partial charge in [-0.3, -0.25) is 9.69 Å². The van der Waals surface area contributed by atoms with Crippen LogP contribution in [-0.2, 0) is 26.1 Å². The van der Waals surface area contributed by atoms with Crippen LogP contribution < -0.4 is 10.1 Å². The number of phenols is 1. The summed E-state index contributed by atoms with van der Waals surface area (Å²) in [6, 6.07) is 4.23.